The summed E-state index contributed by atoms with van der Waals surface area (Å²) in [5.74, 6) is 0.671. The average Bonchev–Trinajstić information content (AvgIpc) is 2.48. The molecule has 2 rings (SSSR count). The minimum Gasteiger partial charge on any atom is -0.491 e. The molecule has 1 aliphatic rings. The van der Waals surface area contributed by atoms with Gasteiger partial charge < -0.3 is 9.47 Å². The third kappa shape index (κ3) is 3.72. The van der Waals surface area contributed by atoms with E-state index in [1.807, 2.05) is 18.2 Å². The van der Waals surface area contributed by atoms with Gasteiger partial charge in [0.2, 0.25) is 0 Å². The van der Waals surface area contributed by atoms with Crippen LogP contribution in [0.1, 0.15) is 25.8 Å². The SMILES string of the molecule is CCC1COC(C)CN1CCOc1ccccc1C#N. The Balaban J connectivity index is 1.87. The van der Waals surface area contributed by atoms with E-state index in [1.165, 1.54) is 0 Å². The van der Waals surface area contributed by atoms with E-state index in [2.05, 4.69) is 24.8 Å². The zero-order valence-corrected chi connectivity index (χ0v) is 12.2. The Labute approximate surface area is 120 Å². The van der Waals surface area contributed by atoms with Gasteiger partial charge in [-0.25, -0.2) is 0 Å². The molecule has 1 aromatic rings. The lowest BCUT2D eigenvalue weighted by Crippen LogP contribution is -2.49. The molecule has 0 aliphatic carbocycles. The number of ether oxygens (including phenoxy) is 2. The molecule has 0 aromatic heterocycles. The molecule has 0 saturated carbocycles. The van der Waals surface area contributed by atoms with Crippen molar-refractivity contribution in [3.8, 4) is 11.8 Å². The van der Waals surface area contributed by atoms with E-state index < -0.39 is 0 Å². The van der Waals surface area contributed by atoms with E-state index in [0.717, 1.165) is 26.1 Å². The van der Waals surface area contributed by atoms with Gasteiger partial charge in [-0.15, -0.1) is 0 Å². The number of nitriles is 1. The van der Waals surface area contributed by atoms with Crippen molar-refractivity contribution in [3.63, 3.8) is 0 Å². The number of rotatable bonds is 5. The molecule has 0 bridgehead atoms. The van der Waals surface area contributed by atoms with Gasteiger partial charge in [0.25, 0.3) is 0 Å². The highest BCUT2D eigenvalue weighted by molar-refractivity contribution is 5.42. The molecule has 1 aliphatic heterocycles. The van der Waals surface area contributed by atoms with Crippen molar-refractivity contribution < 1.29 is 9.47 Å². The van der Waals surface area contributed by atoms with Crippen molar-refractivity contribution in [2.75, 3.05) is 26.3 Å². The summed E-state index contributed by atoms with van der Waals surface area (Å²) in [7, 11) is 0. The molecule has 1 fully saturated rings. The number of benzene rings is 1. The maximum absolute atomic E-state index is 9.02. The second-order valence-corrected chi connectivity index (χ2v) is 5.16. The van der Waals surface area contributed by atoms with Crippen LogP contribution in [0.4, 0.5) is 0 Å². The largest absolute Gasteiger partial charge is 0.491 e. The van der Waals surface area contributed by atoms with Crippen LogP contribution < -0.4 is 4.74 Å². The van der Waals surface area contributed by atoms with Gasteiger partial charge in [-0.3, -0.25) is 4.90 Å². The first-order valence-corrected chi connectivity index (χ1v) is 7.22. The smallest absolute Gasteiger partial charge is 0.137 e. The summed E-state index contributed by atoms with van der Waals surface area (Å²) in [6, 6.07) is 9.99. The lowest BCUT2D eigenvalue weighted by molar-refractivity contribution is -0.0586. The van der Waals surface area contributed by atoms with E-state index in [4.69, 9.17) is 14.7 Å². The van der Waals surface area contributed by atoms with Crippen LogP contribution in [0.25, 0.3) is 0 Å². The van der Waals surface area contributed by atoms with Crippen molar-refractivity contribution in [1.29, 1.82) is 5.26 Å². The summed E-state index contributed by atoms with van der Waals surface area (Å²) >= 11 is 0. The average molecular weight is 274 g/mol. The Bertz CT molecular complexity index is 470. The van der Waals surface area contributed by atoms with Gasteiger partial charge in [-0.2, -0.15) is 5.26 Å². The highest BCUT2D eigenvalue weighted by Gasteiger charge is 2.25. The van der Waals surface area contributed by atoms with Crippen molar-refractivity contribution >= 4 is 0 Å². The Hall–Kier alpha value is -1.57. The highest BCUT2D eigenvalue weighted by atomic mass is 16.5. The molecular formula is C16H22N2O2. The van der Waals surface area contributed by atoms with Gasteiger partial charge in [0.15, 0.2) is 0 Å². The van der Waals surface area contributed by atoms with Crippen molar-refractivity contribution in [2.24, 2.45) is 0 Å². The number of hydrogen-bond acceptors (Lipinski definition) is 4. The topological polar surface area (TPSA) is 45.5 Å². The maximum Gasteiger partial charge on any atom is 0.137 e. The third-order valence-corrected chi connectivity index (χ3v) is 3.70. The number of hydrogen-bond donors (Lipinski definition) is 0. The summed E-state index contributed by atoms with van der Waals surface area (Å²) in [5, 5.41) is 9.02. The monoisotopic (exact) mass is 274 g/mol. The van der Waals surface area contributed by atoms with Crippen LogP contribution in [-0.4, -0.2) is 43.3 Å². The third-order valence-electron chi connectivity index (χ3n) is 3.70. The first-order valence-electron chi connectivity index (χ1n) is 7.22. The highest BCUT2D eigenvalue weighted by Crippen LogP contribution is 2.18. The minimum atomic E-state index is 0.282. The maximum atomic E-state index is 9.02. The molecule has 0 radical (unpaired) electrons. The van der Waals surface area contributed by atoms with E-state index in [-0.39, 0.29) is 6.10 Å². The lowest BCUT2D eigenvalue weighted by Gasteiger charge is -2.38. The molecular weight excluding hydrogens is 252 g/mol. The Morgan fingerprint density at radius 1 is 1.45 bits per heavy atom. The predicted octanol–water partition coefficient (Wildman–Crippen LogP) is 2.44. The van der Waals surface area contributed by atoms with Gasteiger partial charge >= 0.3 is 0 Å². The molecule has 0 amide bonds. The van der Waals surface area contributed by atoms with Crippen molar-refractivity contribution in [3.05, 3.63) is 29.8 Å². The second kappa shape index (κ2) is 7.28. The van der Waals surface area contributed by atoms with Crippen LogP contribution in [0, 0.1) is 11.3 Å². The lowest BCUT2D eigenvalue weighted by atomic mass is 10.1. The molecule has 20 heavy (non-hydrogen) atoms. The molecule has 0 spiro atoms. The quantitative estimate of drug-likeness (QED) is 0.827. The standard InChI is InChI=1S/C16H22N2O2/c1-3-15-12-20-13(2)11-18(15)8-9-19-16-7-5-4-6-14(16)10-17/h4-7,13,15H,3,8-9,11-12H2,1-2H3. The molecule has 2 unspecified atom stereocenters. The van der Waals surface area contributed by atoms with Crippen molar-refractivity contribution in [1.82, 2.24) is 4.90 Å². The summed E-state index contributed by atoms with van der Waals surface area (Å²) in [6.07, 6.45) is 1.37. The fourth-order valence-corrected chi connectivity index (χ4v) is 2.52. The van der Waals surface area contributed by atoms with E-state index in [1.54, 1.807) is 6.07 Å². The second-order valence-electron chi connectivity index (χ2n) is 5.16. The van der Waals surface area contributed by atoms with Crippen LogP contribution in [0.3, 0.4) is 0 Å². The summed E-state index contributed by atoms with van der Waals surface area (Å²) in [5.41, 5.74) is 0.592. The van der Waals surface area contributed by atoms with Gasteiger partial charge in [0.1, 0.15) is 18.4 Å². The molecule has 2 atom stereocenters. The first-order chi connectivity index (χ1) is 9.74. The zero-order chi connectivity index (χ0) is 14.4. The zero-order valence-electron chi connectivity index (χ0n) is 12.2. The Kier molecular flexibility index (Phi) is 5.40. The van der Waals surface area contributed by atoms with Gasteiger partial charge in [0, 0.05) is 19.1 Å². The van der Waals surface area contributed by atoms with E-state index in [9.17, 15) is 0 Å². The van der Waals surface area contributed by atoms with Crippen LogP contribution in [0.2, 0.25) is 0 Å². The first kappa shape index (κ1) is 14.8. The van der Waals surface area contributed by atoms with Gasteiger partial charge in [-0.1, -0.05) is 19.1 Å². The Morgan fingerprint density at radius 2 is 2.25 bits per heavy atom. The number of morpholine rings is 1. The molecule has 1 saturated heterocycles. The molecule has 1 aromatic carbocycles. The van der Waals surface area contributed by atoms with Gasteiger partial charge in [-0.05, 0) is 25.5 Å². The fraction of sp³-hybridized carbons (Fsp3) is 0.562. The van der Waals surface area contributed by atoms with Crippen molar-refractivity contribution in [2.45, 2.75) is 32.4 Å². The number of para-hydroxylation sites is 1. The molecule has 4 heteroatoms. The van der Waals surface area contributed by atoms with Crippen LogP contribution in [0.5, 0.6) is 5.75 Å². The van der Waals surface area contributed by atoms with Gasteiger partial charge in [0.05, 0.1) is 18.3 Å². The summed E-state index contributed by atoms with van der Waals surface area (Å²) in [6.45, 7) is 7.50. The molecule has 0 N–H and O–H groups in total. The predicted molar refractivity (Wildman–Crippen MR) is 77.7 cm³/mol. The molecule has 108 valence electrons. The number of nitrogens with zero attached hydrogens (tertiary/aromatic N) is 2. The normalized spacial score (nSPS) is 23.2. The Morgan fingerprint density at radius 3 is 3.00 bits per heavy atom. The van der Waals surface area contributed by atoms with E-state index in [0.29, 0.717) is 24.0 Å². The summed E-state index contributed by atoms with van der Waals surface area (Å²) in [4.78, 5) is 2.42. The van der Waals surface area contributed by atoms with Crippen LogP contribution in [0.15, 0.2) is 24.3 Å². The van der Waals surface area contributed by atoms with Crippen LogP contribution >= 0.6 is 0 Å². The molecule has 4 nitrogen and oxygen atoms in total. The van der Waals surface area contributed by atoms with Crippen LogP contribution in [-0.2, 0) is 4.74 Å². The fourth-order valence-electron chi connectivity index (χ4n) is 2.52. The minimum absolute atomic E-state index is 0.282. The van der Waals surface area contributed by atoms with E-state index >= 15 is 0 Å². The summed E-state index contributed by atoms with van der Waals surface area (Å²) < 4.78 is 11.4. The molecule has 1 heterocycles.